The zero-order valence-electron chi connectivity index (χ0n) is 12.3. The lowest BCUT2D eigenvalue weighted by atomic mass is 10.1. The number of rotatable bonds is 3. The predicted molar refractivity (Wildman–Crippen MR) is 82.8 cm³/mol. The molecule has 4 heteroatoms. The monoisotopic (exact) mass is 273 g/mol. The molecule has 0 aliphatic carbocycles. The van der Waals surface area contributed by atoms with Crippen molar-refractivity contribution in [2.24, 2.45) is 0 Å². The van der Waals surface area contributed by atoms with Crippen molar-refractivity contribution in [2.75, 3.05) is 32.0 Å². The third kappa shape index (κ3) is 2.53. The number of nitrogen functional groups attached to an aromatic ring is 1. The lowest BCUT2D eigenvalue weighted by molar-refractivity contribution is 0.0343. The van der Waals surface area contributed by atoms with Gasteiger partial charge in [-0.25, -0.2) is 0 Å². The number of morpholine rings is 1. The summed E-state index contributed by atoms with van der Waals surface area (Å²) >= 11 is 0. The summed E-state index contributed by atoms with van der Waals surface area (Å²) in [5, 5.41) is 1.28. The van der Waals surface area contributed by atoms with Gasteiger partial charge in [0, 0.05) is 48.5 Å². The summed E-state index contributed by atoms with van der Waals surface area (Å²) < 4.78 is 7.76. The number of hydrogen-bond donors (Lipinski definition) is 1. The normalized spacial score (nSPS) is 17.1. The Balaban J connectivity index is 1.98. The van der Waals surface area contributed by atoms with Gasteiger partial charge in [0.15, 0.2) is 0 Å². The maximum atomic E-state index is 5.97. The molecule has 1 saturated heterocycles. The molecule has 1 aliphatic rings. The van der Waals surface area contributed by atoms with Crippen LogP contribution in [0.15, 0.2) is 24.4 Å². The van der Waals surface area contributed by atoms with E-state index in [4.69, 9.17) is 10.5 Å². The second kappa shape index (κ2) is 5.46. The highest BCUT2D eigenvalue weighted by atomic mass is 16.5. The Morgan fingerprint density at radius 3 is 2.70 bits per heavy atom. The predicted octanol–water partition coefficient (Wildman–Crippen LogP) is 2.64. The first-order chi connectivity index (χ1) is 9.65. The van der Waals surface area contributed by atoms with Crippen molar-refractivity contribution in [3.63, 3.8) is 0 Å². The SMILES string of the molecule is CC(C)n1cc(CN2CCOCC2)c2cc(N)ccc21. The van der Waals surface area contributed by atoms with E-state index in [0.717, 1.165) is 38.5 Å². The van der Waals surface area contributed by atoms with Crippen LogP contribution in [0.3, 0.4) is 0 Å². The Bertz CT molecular complexity index is 597. The number of anilines is 1. The first-order valence-corrected chi connectivity index (χ1v) is 7.34. The first-order valence-electron chi connectivity index (χ1n) is 7.34. The molecule has 2 N–H and O–H groups in total. The fraction of sp³-hybridized carbons (Fsp3) is 0.500. The average molecular weight is 273 g/mol. The number of benzene rings is 1. The van der Waals surface area contributed by atoms with Gasteiger partial charge in [-0.15, -0.1) is 0 Å². The van der Waals surface area contributed by atoms with Crippen LogP contribution in [0.4, 0.5) is 5.69 Å². The number of nitrogens with two attached hydrogens (primary N) is 1. The molecule has 108 valence electrons. The first kappa shape index (κ1) is 13.5. The van der Waals surface area contributed by atoms with Gasteiger partial charge in [0.05, 0.1) is 13.2 Å². The van der Waals surface area contributed by atoms with Gasteiger partial charge in [0.1, 0.15) is 0 Å². The van der Waals surface area contributed by atoms with Crippen molar-refractivity contribution >= 4 is 16.6 Å². The molecule has 0 bridgehead atoms. The van der Waals surface area contributed by atoms with Crippen LogP contribution >= 0.6 is 0 Å². The molecule has 1 fully saturated rings. The highest BCUT2D eigenvalue weighted by Gasteiger charge is 2.16. The number of hydrogen-bond acceptors (Lipinski definition) is 3. The topological polar surface area (TPSA) is 43.4 Å². The largest absolute Gasteiger partial charge is 0.399 e. The third-order valence-corrected chi connectivity index (χ3v) is 3.99. The van der Waals surface area contributed by atoms with E-state index in [9.17, 15) is 0 Å². The van der Waals surface area contributed by atoms with Crippen molar-refractivity contribution in [3.8, 4) is 0 Å². The molecule has 0 radical (unpaired) electrons. The van der Waals surface area contributed by atoms with Crippen LogP contribution in [0.2, 0.25) is 0 Å². The molecule has 0 saturated carbocycles. The second-order valence-corrected chi connectivity index (χ2v) is 5.82. The van der Waals surface area contributed by atoms with Gasteiger partial charge in [-0.05, 0) is 37.6 Å². The van der Waals surface area contributed by atoms with Crippen molar-refractivity contribution in [1.82, 2.24) is 9.47 Å². The Hall–Kier alpha value is -1.52. The van der Waals surface area contributed by atoms with E-state index in [-0.39, 0.29) is 0 Å². The minimum absolute atomic E-state index is 0.458. The summed E-state index contributed by atoms with van der Waals surface area (Å²) in [7, 11) is 0. The van der Waals surface area contributed by atoms with Crippen molar-refractivity contribution < 1.29 is 4.74 Å². The minimum Gasteiger partial charge on any atom is -0.399 e. The molecular weight excluding hydrogens is 250 g/mol. The lowest BCUT2D eigenvalue weighted by Gasteiger charge is -2.26. The highest BCUT2D eigenvalue weighted by molar-refractivity contribution is 5.87. The van der Waals surface area contributed by atoms with Crippen LogP contribution in [-0.2, 0) is 11.3 Å². The van der Waals surface area contributed by atoms with E-state index in [1.165, 1.54) is 16.5 Å². The van der Waals surface area contributed by atoms with Gasteiger partial charge in [-0.2, -0.15) is 0 Å². The average Bonchev–Trinajstić information content (AvgIpc) is 2.78. The minimum atomic E-state index is 0.458. The van der Waals surface area contributed by atoms with E-state index < -0.39 is 0 Å². The Kier molecular flexibility index (Phi) is 3.68. The van der Waals surface area contributed by atoms with E-state index in [1.807, 2.05) is 6.07 Å². The van der Waals surface area contributed by atoms with Crippen molar-refractivity contribution in [2.45, 2.75) is 26.4 Å². The van der Waals surface area contributed by atoms with Crippen LogP contribution in [0.5, 0.6) is 0 Å². The third-order valence-electron chi connectivity index (χ3n) is 3.99. The number of fused-ring (bicyclic) bond motifs is 1. The van der Waals surface area contributed by atoms with Gasteiger partial charge < -0.3 is 15.0 Å². The maximum absolute atomic E-state index is 5.97. The summed E-state index contributed by atoms with van der Waals surface area (Å²) in [6.07, 6.45) is 2.28. The molecule has 0 amide bonds. The van der Waals surface area contributed by atoms with Crippen LogP contribution in [-0.4, -0.2) is 35.8 Å². The molecule has 0 spiro atoms. The molecule has 2 aromatic rings. The molecule has 20 heavy (non-hydrogen) atoms. The van der Waals surface area contributed by atoms with Crippen LogP contribution in [0.1, 0.15) is 25.5 Å². The van der Waals surface area contributed by atoms with Crippen LogP contribution in [0.25, 0.3) is 10.9 Å². The number of nitrogens with zero attached hydrogens (tertiary/aromatic N) is 2. The zero-order chi connectivity index (χ0) is 14.1. The molecule has 3 rings (SSSR count). The summed E-state index contributed by atoms with van der Waals surface area (Å²) in [5.74, 6) is 0. The van der Waals surface area contributed by atoms with Gasteiger partial charge in [0.25, 0.3) is 0 Å². The maximum Gasteiger partial charge on any atom is 0.0594 e. The lowest BCUT2D eigenvalue weighted by Crippen LogP contribution is -2.35. The summed E-state index contributed by atoms with van der Waals surface area (Å²) in [6, 6.07) is 6.68. The van der Waals surface area contributed by atoms with E-state index in [2.05, 4.69) is 41.6 Å². The molecule has 1 aromatic carbocycles. The van der Waals surface area contributed by atoms with Crippen LogP contribution in [0, 0.1) is 0 Å². The fourth-order valence-electron chi connectivity index (χ4n) is 2.90. The summed E-state index contributed by atoms with van der Waals surface area (Å²) in [4.78, 5) is 2.45. The second-order valence-electron chi connectivity index (χ2n) is 5.82. The summed E-state index contributed by atoms with van der Waals surface area (Å²) in [6.45, 7) is 9.11. The molecule has 1 aliphatic heterocycles. The number of aromatic nitrogens is 1. The highest BCUT2D eigenvalue weighted by Crippen LogP contribution is 2.27. The molecular formula is C16H23N3O. The fourth-order valence-corrected chi connectivity index (χ4v) is 2.90. The van der Waals surface area contributed by atoms with E-state index in [0.29, 0.717) is 6.04 Å². The van der Waals surface area contributed by atoms with Gasteiger partial charge in [-0.1, -0.05) is 0 Å². The molecule has 0 atom stereocenters. The Morgan fingerprint density at radius 1 is 1.25 bits per heavy atom. The van der Waals surface area contributed by atoms with Crippen molar-refractivity contribution in [1.29, 1.82) is 0 Å². The van der Waals surface area contributed by atoms with Gasteiger partial charge in [-0.3, -0.25) is 4.90 Å². The summed E-state index contributed by atoms with van der Waals surface area (Å²) in [5.41, 5.74) is 9.44. The quantitative estimate of drug-likeness (QED) is 0.874. The zero-order valence-corrected chi connectivity index (χ0v) is 12.3. The standard InChI is InChI=1S/C16H23N3O/c1-12(2)19-11-13(10-18-5-7-20-8-6-18)15-9-14(17)3-4-16(15)19/h3-4,9,11-12H,5-8,10,17H2,1-2H3. The smallest absolute Gasteiger partial charge is 0.0594 e. The molecule has 2 heterocycles. The van der Waals surface area contributed by atoms with E-state index in [1.54, 1.807) is 0 Å². The van der Waals surface area contributed by atoms with E-state index >= 15 is 0 Å². The molecule has 1 aromatic heterocycles. The Labute approximate surface area is 120 Å². The van der Waals surface area contributed by atoms with Gasteiger partial charge in [0.2, 0.25) is 0 Å². The molecule has 0 unspecified atom stereocenters. The van der Waals surface area contributed by atoms with Crippen LogP contribution < -0.4 is 5.73 Å². The molecule has 4 nitrogen and oxygen atoms in total. The van der Waals surface area contributed by atoms with Crippen molar-refractivity contribution in [3.05, 3.63) is 30.0 Å². The number of ether oxygens (including phenoxy) is 1. The Morgan fingerprint density at radius 2 is 2.00 bits per heavy atom. The van der Waals surface area contributed by atoms with Gasteiger partial charge >= 0.3 is 0 Å².